The Morgan fingerprint density at radius 1 is 0.958 bits per heavy atom. The first-order valence-corrected chi connectivity index (χ1v) is 7.94. The van der Waals surface area contributed by atoms with Crippen molar-refractivity contribution in [3.63, 3.8) is 0 Å². The van der Waals surface area contributed by atoms with Crippen LogP contribution >= 0.6 is 0 Å². The Kier molecular flexibility index (Phi) is 6.49. The molecule has 0 aliphatic carbocycles. The van der Waals surface area contributed by atoms with E-state index in [1.165, 1.54) is 0 Å². The van der Waals surface area contributed by atoms with Crippen molar-refractivity contribution >= 4 is 11.6 Å². The summed E-state index contributed by atoms with van der Waals surface area (Å²) in [4.78, 5) is 11.9. The van der Waals surface area contributed by atoms with Crippen molar-refractivity contribution in [2.24, 2.45) is 0 Å². The lowest BCUT2D eigenvalue weighted by Crippen LogP contribution is -2.25. The van der Waals surface area contributed by atoms with Crippen LogP contribution in [-0.4, -0.2) is 26.7 Å². The molecule has 1 amide bonds. The van der Waals surface area contributed by atoms with Crippen molar-refractivity contribution in [2.75, 3.05) is 26.5 Å². The second-order valence-electron chi connectivity index (χ2n) is 5.53. The van der Waals surface area contributed by atoms with E-state index >= 15 is 0 Å². The third-order valence-corrected chi connectivity index (χ3v) is 3.80. The molecule has 0 fully saturated rings. The largest absolute Gasteiger partial charge is 0.493 e. The maximum absolute atomic E-state index is 11.9. The van der Waals surface area contributed by atoms with Crippen LogP contribution in [0.25, 0.3) is 0 Å². The van der Waals surface area contributed by atoms with Crippen molar-refractivity contribution in [3.05, 3.63) is 53.6 Å². The Morgan fingerprint density at radius 2 is 1.62 bits per heavy atom. The number of hydrogen-bond donors (Lipinski definition) is 2. The molecule has 0 aliphatic heterocycles. The van der Waals surface area contributed by atoms with E-state index in [2.05, 4.69) is 5.32 Å². The van der Waals surface area contributed by atoms with Gasteiger partial charge >= 0.3 is 0 Å². The average Bonchev–Trinajstić information content (AvgIpc) is 2.61. The number of hydrogen-bond acceptors (Lipinski definition) is 4. The SMILES string of the molecule is COc1ccc(CCNC(=O)CCc2ccc(N)cc2)cc1OC. The summed E-state index contributed by atoms with van der Waals surface area (Å²) in [6.07, 6.45) is 1.92. The second-order valence-corrected chi connectivity index (χ2v) is 5.53. The molecule has 0 unspecified atom stereocenters. The van der Waals surface area contributed by atoms with E-state index in [9.17, 15) is 4.79 Å². The second kappa shape index (κ2) is 8.82. The number of anilines is 1. The predicted molar refractivity (Wildman–Crippen MR) is 95.4 cm³/mol. The normalized spacial score (nSPS) is 10.2. The molecular weight excluding hydrogens is 304 g/mol. The highest BCUT2D eigenvalue weighted by Crippen LogP contribution is 2.27. The fraction of sp³-hybridized carbons (Fsp3) is 0.316. The number of aryl methyl sites for hydroxylation is 1. The number of carbonyl (C=O) groups excluding carboxylic acids is 1. The van der Waals surface area contributed by atoms with E-state index in [1.54, 1.807) is 14.2 Å². The Balaban J connectivity index is 1.75. The van der Waals surface area contributed by atoms with Crippen LogP contribution in [0.1, 0.15) is 17.5 Å². The molecular formula is C19H24N2O3. The van der Waals surface area contributed by atoms with Crippen LogP contribution in [0, 0.1) is 0 Å². The van der Waals surface area contributed by atoms with Crippen molar-refractivity contribution in [2.45, 2.75) is 19.3 Å². The van der Waals surface area contributed by atoms with Gasteiger partial charge in [-0.2, -0.15) is 0 Å². The van der Waals surface area contributed by atoms with E-state index in [1.807, 2.05) is 42.5 Å². The first kappa shape index (κ1) is 17.7. The summed E-state index contributed by atoms with van der Waals surface area (Å²) in [6.45, 7) is 0.593. The van der Waals surface area contributed by atoms with Crippen molar-refractivity contribution < 1.29 is 14.3 Å². The van der Waals surface area contributed by atoms with Gasteiger partial charge in [0.1, 0.15) is 0 Å². The summed E-state index contributed by atoms with van der Waals surface area (Å²) < 4.78 is 10.5. The molecule has 128 valence electrons. The fourth-order valence-corrected chi connectivity index (χ4v) is 2.41. The third kappa shape index (κ3) is 5.19. The molecule has 2 aromatic rings. The van der Waals surface area contributed by atoms with Gasteiger partial charge in [0.2, 0.25) is 5.91 Å². The molecule has 0 radical (unpaired) electrons. The van der Waals surface area contributed by atoms with Gasteiger partial charge in [-0.3, -0.25) is 4.79 Å². The minimum atomic E-state index is 0.0484. The lowest BCUT2D eigenvalue weighted by molar-refractivity contribution is -0.121. The minimum absolute atomic E-state index is 0.0484. The number of methoxy groups -OCH3 is 2. The first-order valence-electron chi connectivity index (χ1n) is 7.94. The summed E-state index contributed by atoms with van der Waals surface area (Å²) >= 11 is 0. The van der Waals surface area contributed by atoms with E-state index in [-0.39, 0.29) is 5.91 Å². The molecule has 5 heteroatoms. The molecule has 0 aliphatic rings. The number of amides is 1. The number of rotatable bonds is 8. The Hall–Kier alpha value is -2.69. The number of carbonyl (C=O) groups is 1. The number of ether oxygens (including phenoxy) is 2. The maximum atomic E-state index is 11.9. The van der Waals surface area contributed by atoms with Crippen LogP contribution in [0.2, 0.25) is 0 Å². The molecule has 24 heavy (non-hydrogen) atoms. The quantitative estimate of drug-likeness (QED) is 0.731. The summed E-state index contributed by atoms with van der Waals surface area (Å²) in [6, 6.07) is 13.4. The van der Waals surface area contributed by atoms with Gasteiger partial charge in [0.05, 0.1) is 14.2 Å². The first-order chi connectivity index (χ1) is 11.6. The molecule has 2 rings (SSSR count). The highest BCUT2D eigenvalue weighted by Gasteiger charge is 2.06. The van der Waals surface area contributed by atoms with E-state index in [0.29, 0.717) is 30.9 Å². The van der Waals surface area contributed by atoms with Crippen LogP contribution in [0.3, 0.4) is 0 Å². The highest BCUT2D eigenvalue weighted by molar-refractivity contribution is 5.76. The molecule has 0 aromatic heterocycles. The summed E-state index contributed by atoms with van der Waals surface area (Å²) in [5.41, 5.74) is 8.58. The van der Waals surface area contributed by atoms with Gasteiger partial charge in [-0.05, 0) is 48.2 Å². The molecule has 3 N–H and O–H groups in total. The van der Waals surface area contributed by atoms with E-state index < -0.39 is 0 Å². The van der Waals surface area contributed by atoms with Crippen LogP contribution in [0.5, 0.6) is 11.5 Å². The van der Waals surface area contributed by atoms with Crippen LogP contribution in [0.4, 0.5) is 5.69 Å². The molecule has 0 atom stereocenters. The smallest absolute Gasteiger partial charge is 0.220 e. The van der Waals surface area contributed by atoms with Crippen LogP contribution < -0.4 is 20.5 Å². The van der Waals surface area contributed by atoms with Gasteiger partial charge in [0.25, 0.3) is 0 Å². The fourth-order valence-electron chi connectivity index (χ4n) is 2.41. The number of benzene rings is 2. The van der Waals surface area contributed by atoms with Crippen molar-refractivity contribution in [3.8, 4) is 11.5 Å². The third-order valence-electron chi connectivity index (χ3n) is 3.80. The van der Waals surface area contributed by atoms with Gasteiger partial charge in [-0.1, -0.05) is 18.2 Å². The zero-order chi connectivity index (χ0) is 17.4. The molecule has 0 saturated heterocycles. The summed E-state index contributed by atoms with van der Waals surface area (Å²) in [7, 11) is 3.22. The monoisotopic (exact) mass is 328 g/mol. The lowest BCUT2D eigenvalue weighted by atomic mass is 10.1. The Bertz CT molecular complexity index is 669. The maximum Gasteiger partial charge on any atom is 0.220 e. The van der Waals surface area contributed by atoms with Crippen molar-refractivity contribution in [1.82, 2.24) is 5.32 Å². The molecule has 0 spiro atoms. The van der Waals surface area contributed by atoms with Crippen molar-refractivity contribution in [1.29, 1.82) is 0 Å². The zero-order valence-electron chi connectivity index (χ0n) is 14.2. The van der Waals surface area contributed by atoms with Gasteiger partial charge in [-0.15, -0.1) is 0 Å². The Morgan fingerprint density at radius 3 is 2.29 bits per heavy atom. The van der Waals surface area contributed by atoms with Gasteiger partial charge in [-0.25, -0.2) is 0 Å². The summed E-state index contributed by atoms with van der Waals surface area (Å²) in [5, 5.41) is 2.94. The number of nitrogens with two attached hydrogens (primary N) is 1. The van der Waals surface area contributed by atoms with Crippen LogP contribution in [0.15, 0.2) is 42.5 Å². The average molecular weight is 328 g/mol. The Labute approximate surface area is 142 Å². The predicted octanol–water partition coefficient (Wildman–Crippen LogP) is 2.58. The number of nitrogens with one attached hydrogen (secondary N) is 1. The topological polar surface area (TPSA) is 73.6 Å². The van der Waals surface area contributed by atoms with Gasteiger partial charge in [0.15, 0.2) is 11.5 Å². The minimum Gasteiger partial charge on any atom is -0.493 e. The summed E-state index contributed by atoms with van der Waals surface area (Å²) in [5.74, 6) is 1.45. The van der Waals surface area contributed by atoms with Crippen LogP contribution in [-0.2, 0) is 17.6 Å². The van der Waals surface area contributed by atoms with E-state index in [4.69, 9.17) is 15.2 Å². The molecule has 2 aromatic carbocycles. The molecule has 0 heterocycles. The van der Waals surface area contributed by atoms with E-state index in [0.717, 1.165) is 23.2 Å². The molecule has 0 bridgehead atoms. The molecule has 0 saturated carbocycles. The zero-order valence-corrected chi connectivity index (χ0v) is 14.2. The highest BCUT2D eigenvalue weighted by atomic mass is 16.5. The lowest BCUT2D eigenvalue weighted by Gasteiger charge is -2.10. The van der Waals surface area contributed by atoms with Gasteiger partial charge < -0.3 is 20.5 Å². The molecule has 5 nitrogen and oxygen atoms in total. The number of nitrogen functional groups attached to an aromatic ring is 1. The van der Waals surface area contributed by atoms with Gasteiger partial charge in [0, 0.05) is 18.7 Å². The standard InChI is InChI=1S/C19H24N2O3/c1-23-17-9-5-15(13-18(17)24-2)11-12-21-19(22)10-6-14-3-7-16(20)8-4-14/h3-5,7-9,13H,6,10-12,20H2,1-2H3,(H,21,22).